The summed E-state index contributed by atoms with van der Waals surface area (Å²) < 4.78 is 9.81. The molecule has 5 heteroatoms. The van der Waals surface area contributed by atoms with Gasteiger partial charge in [0.1, 0.15) is 0 Å². The van der Waals surface area contributed by atoms with Gasteiger partial charge in [0.15, 0.2) is 0 Å². The fourth-order valence-corrected chi connectivity index (χ4v) is 2.51. The van der Waals surface area contributed by atoms with Gasteiger partial charge < -0.3 is 9.47 Å². The first-order valence-corrected chi connectivity index (χ1v) is 9.24. The molecule has 0 saturated heterocycles. The number of esters is 3. The molecule has 0 fully saturated rings. The number of ether oxygens (including phenoxy) is 2. The molecule has 142 valence electrons. The molecule has 0 aliphatic heterocycles. The molecule has 0 spiro atoms. The topological polar surface area (TPSA) is 69.7 Å². The van der Waals surface area contributed by atoms with Crippen LogP contribution < -0.4 is 0 Å². The summed E-state index contributed by atoms with van der Waals surface area (Å²) in [5.74, 6) is -2.35. The summed E-state index contributed by atoms with van der Waals surface area (Å²) in [6, 6.07) is 6.11. The van der Waals surface area contributed by atoms with E-state index in [9.17, 15) is 14.4 Å². The van der Waals surface area contributed by atoms with Gasteiger partial charge >= 0.3 is 17.9 Å². The van der Waals surface area contributed by atoms with Crippen molar-refractivity contribution in [1.82, 2.24) is 0 Å². The molecule has 0 bridgehead atoms. The SMILES string of the molecule is C=CC(=O)OC(=O)c1ccccc1C(=O)OCCCCCCCCCC. The molecule has 0 aliphatic carbocycles. The Labute approximate surface area is 155 Å². The molecule has 0 aromatic heterocycles. The highest BCUT2D eigenvalue weighted by molar-refractivity contribution is 6.06. The zero-order valence-corrected chi connectivity index (χ0v) is 15.5. The van der Waals surface area contributed by atoms with Crippen LogP contribution in [-0.4, -0.2) is 24.5 Å². The van der Waals surface area contributed by atoms with Crippen molar-refractivity contribution in [3.8, 4) is 0 Å². The molecule has 26 heavy (non-hydrogen) atoms. The standard InChI is InChI=1S/C21H28O5/c1-3-5-6-7-8-9-10-13-16-25-20(23)17-14-11-12-15-18(17)21(24)26-19(22)4-2/h4,11-12,14-15H,2-3,5-10,13,16H2,1H3. The quantitative estimate of drug-likeness (QED) is 0.230. The van der Waals surface area contributed by atoms with E-state index in [0.717, 1.165) is 25.3 Å². The zero-order valence-electron chi connectivity index (χ0n) is 15.5. The van der Waals surface area contributed by atoms with Gasteiger partial charge in [0.2, 0.25) is 0 Å². The first-order chi connectivity index (χ1) is 12.6. The Hall–Kier alpha value is -2.43. The summed E-state index contributed by atoms with van der Waals surface area (Å²) in [5.41, 5.74) is 0.0950. The molecule has 1 aromatic rings. The van der Waals surface area contributed by atoms with Crippen LogP contribution in [0.1, 0.15) is 79.0 Å². The van der Waals surface area contributed by atoms with E-state index in [-0.39, 0.29) is 11.1 Å². The van der Waals surface area contributed by atoms with Crippen molar-refractivity contribution < 1.29 is 23.9 Å². The van der Waals surface area contributed by atoms with Gasteiger partial charge in [0.05, 0.1) is 17.7 Å². The lowest BCUT2D eigenvalue weighted by molar-refractivity contribution is -0.132. The van der Waals surface area contributed by atoms with Crippen molar-refractivity contribution in [3.63, 3.8) is 0 Å². The zero-order chi connectivity index (χ0) is 19.2. The maximum absolute atomic E-state index is 12.2. The van der Waals surface area contributed by atoms with E-state index in [1.54, 1.807) is 12.1 Å². The molecule has 0 amide bonds. The summed E-state index contributed by atoms with van der Waals surface area (Å²) >= 11 is 0. The van der Waals surface area contributed by atoms with Gasteiger partial charge in [-0.2, -0.15) is 0 Å². The van der Waals surface area contributed by atoms with E-state index in [2.05, 4.69) is 18.2 Å². The van der Waals surface area contributed by atoms with Crippen LogP contribution >= 0.6 is 0 Å². The van der Waals surface area contributed by atoms with Crippen molar-refractivity contribution in [1.29, 1.82) is 0 Å². The molecule has 0 N–H and O–H groups in total. The monoisotopic (exact) mass is 360 g/mol. The Morgan fingerprint density at radius 1 is 0.885 bits per heavy atom. The van der Waals surface area contributed by atoms with Crippen LogP contribution in [0.4, 0.5) is 0 Å². The predicted molar refractivity (Wildman–Crippen MR) is 100.0 cm³/mol. The van der Waals surface area contributed by atoms with Gasteiger partial charge in [-0.05, 0) is 18.6 Å². The number of carbonyl (C=O) groups is 3. The first kappa shape index (κ1) is 21.6. The van der Waals surface area contributed by atoms with E-state index in [0.29, 0.717) is 6.61 Å². The Balaban J connectivity index is 2.40. The molecule has 0 aliphatic rings. The number of hydrogen-bond donors (Lipinski definition) is 0. The van der Waals surface area contributed by atoms with Crippen molar-refractivity contribution in [3.05, 3.63) is 48.0 Å². The number of carbonyl (C=O) groups excluding carboxylic acids is 3. The van der Waals surface area contributed by atoms with Gasteiger partial charge in [-0.25, -0.2) is 14.4 Å². The van der Waals surface area contributed by atoms with Gasteiger partial charge in [0, 0.05) is 6.08 Å². The van der Waals surface area contributed by atoms with E-state index in [1.807, 2.05) is 0 Å². The lowest BCUT2D eigenvalue weighted by Gasteiger charge is -2.08. The summed E-state index contributed by atoms with van der Waals surface area (Å²) in [7, 11) is 0. The predicted octanol–water partition coefficient (Wildman–Crippen LogP) is 4.85. The number of rotatable bonds is 12. The van der Waals surface area contributed by atoms with E-state index in [1.165, 1.54) is 44.2 Å². The normalized spacial score (nSPS) is 10.2. The van der Waals surface area contributed by atoms with Crippen LogP contribution in [0.2, 0.25) is 0 Å². The minimum absolute atomic E-state index is 0.00336. The van der Waals surface area contributed by atoms with Crippen LogP contribution in [0.15, 0.2) is 36.9 Å². The van der Waals surface area contributed by atoms with Crippen LogP contribution in [0.3, 0.4) is 0 Å². The maximum atomic E-state index is 12.2. The fraction of sp³-hybridized carbons (Fsp3) is 0.476. The smallest absolute Gasteiger partial charge is 0.346 e. The number of hydrogen-bond acceptors (Lipinski definition) is 5. The minimum atomic E-state index is -0.894. The molecule has 0 saturated carbocycles. The van der Waals surface area contributed by atoms with Crippen LogP contribution in [0.5, 0.6) is 0 Å². The Bertz CT molecular complexity index is 606. The lowest BCUT2D eigenvalue weighted by atomic mass is 10.1. The Morgan fingerprint density at radius 3 is 2.00 bits per heavy atom. The van der Waals surface area contributed by atoms with Crippen LogP contribution in [0.25, 0.3) is 0 Å². The molecule has 1 aromatic carbocycles. The van der Waals surface area contributed by atoms with Crippen molar-refractivity contribution >= 4 is 17.9 Å². The first-order valence-electron chi connectivity index (χ1n) is 9.24. The van der Waals surface area contributed by atoms with Gasteiger partial charge in [-0.1, -0.05) is 70.6 Å². The largest absolute Gasteiger partial charge is 0.462 e. The third-order valence-electron chi connectivity index (χ3n) is 3.96. The summed E-state index contributed by atoms with van der Waals surface area (Å²) in [4.78, 5) is 35.3. The highest BCUT2D eigenvalue weighted by Crippen LogP contribution is 2.13. The van der Waals surface area contributed by atoms with Gasteiger partial charge in [-0.3, -0.25) is 0 Å². The maximum Gasteiger partial charge on any atom is 0.346 e. The van der Waals surface area contributed by atoms with Crippen molar-refractivity contribution in [2.75, 3.05) is 6.61 Å². The summed E-state index contributed by atoms with van der Waals surface area (Å²) in [6.45, 7) is 5.74. The number of unbranched alkanes of at least 4 members (excludes halogenated alkanes) is 7. The second kappa shape index (κ2) is 12.9. The summed E-state index contributed by atoms with van der Waals surface area (Å²) in [6.07, 6.45) is 10.1. The highest BCUT2D eigenvalue weighted by Gasteiger charge is 2.20. The molecule has 0 heterocycles. The van der Waals surface area contributed by atoms with E-state index < -0.39 is 17.9 Å². The highest BCUT2D eigenvalue weighted by atomic mass is 16.6. The summed E-state index contributed by atoms with van der Waals surface area (Å²) in [5, 5.41) is 0. The molecule has 1 rings (SSSR count). The fourth-order valence-electron chi connectivity index (χ4n) is 2.51. The van der Waals surface area contributed by atoms with E-state index in [4.69, 9.17) is 4.74 Å². The van der Waals surface area contributed by atoms with E-state index >= 15 is 0 Å². The average molecular weight is 360 g/mol. The third-order valence-corrected chi connectivity index (χ3v) is 3.96. The van der Waals surface area contributed by atoms with Gasteiger partial charge in [0.25, 0.3) is 0 Å². The lowest BCUT2D eigenvalue weighted by Crippen LogP contribution is -2.16. The van der Waals surface area contributed by atoms with Gasteiger partial charge in [-0.15, -0.1) is 0 Å². The van der Waals surface area contributed by atoms with Crippen molar-refractivity contribution in [2.45, 2.75) is 58.3 Å². The second-order valence-corrected chi connectivity index (χ2v) is 6.07. The molecule has 0 unspecified atom stereocenters. The second-order valence-electron chi connectivity index (χ2n) is 6.07. The Morgan fingerprint density at radius 2 is 1.42 bits per heavy atom. The van der Waals surface area contributed by atoms with Crippen LogP contribution in [0, 0.1) is 0 Å². The third kappa shape index (κ3) is 8.10. The Kier molecular flexibility index (Phi) is 10.7. The molecule has 0 radical (unpaired) electrons. The minimum Gasteiger partial charge on any atom is -0.462 e. The average Bonchev–Trinajstić information content (AvgIpc) is 2.66. The molecule has 5 nitrogen and oxygen atoms in total. The number of benzene rings is 1. The molecular weight excluding hydrogens is 332 g/mol. The van der Waals surface area contributed by atoms with Crippen molar-refractivity contribution in [2.24, 2.45) is 0 Å². The molecular formula is C21H28O5. The molecule has 0 atom stereocenters. The van der Waals surface area contributed by atoms with Crippen LogP contribution in [-0.2, 0) is 14.3 Å².